The van der Waals surface area contributed by atoms with Crippen LogP contribution < -0.4 is 4.74 Å². The van der Waals surface area contributed by atoms with Gasteiger partial charge >= 0.3 is 0 Å². The van der Waals surface area contributed by atoms with Gasteiger partial charge in [-0.1, -0.05) is 0 Å². The van der Waals surface area contributed by atoms with E-state index in [1.165, 1.54) is 11.8 Å². The van der Waals surface area contributed by atoms with Crippen molar-refractivity contribution in [3.05, 3.63) is 36.2 Å². The molecule has 3 aromatic rings. The molecule has 0 unspecified atom stereocenters. The first-order valence-corrected chi connectivity index (χ1v) is 7.32. The summed E-state index contributed by atoms with van der Waals surface area (Å²) in [5.41, 5.74) is 2.47. The van der Waals surface area contributed by atoms with Crippen LogP contribution in [0.15, 0.2) is 40.9 Å². The van der Waals surface area contributed by atoms with E-state index in [1.54, 1.807) is 12.4 Å². The predicted molar refractivity (Wildman–Crippen MR) is 79.3 cm³/mol. The van der Waals surface area contributed by atoms with Gasteiger partial charge < -0.3 is 14.8 Å². The van der Waals surface area contributed by atoms with Gasteiger partial charge in [-0.2, -0.15) is 0 Å². The number of H-pyrrole nitrogens is 1. The number of rotatable bonds is 5. The Morgan fingerprint density at radius 3 is 2.81 bits per heavy atom. The summed E-state index contributed by atoms with van der Waals surface area (Å²) in [6.07, 6.45) is 3.20. The molecule has 2 aromatic heterocycles. The number of hydrogen-bond donors (Lipinski definition) is 2. The van der Waals surface area contributed by atoms with E-state index in [0.717, 1.165) is 21.9 Å². The number of aromatic nitrogens is 4. The van der Waals surface area contributed by atoms with E-state index in [4.69, 9.17) is 9.84 Å². The first kappa shape index (κ1) is 13.8. The van der Waals surface area contributed by atoms with Gasteiger partial charge in [0.25, 0.3) is 0 Å². The molecule has 0 bridgehead atoms. The average molecular weight is 302 g/mol. The summed E-state index contributed by atoms with van der Waals surface area (Å²) in [4.78, 5) is 16.0. The first-order valence-electron chi connectivity index (χ1n) is 6.50. The van der Waals surface area contributed by atoms with E-state index in [-0.39, 0.29) is 6.61 Å². The Morgan fingerprint density at radius 2 is 2.10 bits per heavy atom. The Balaban J connectivity index is 1.83. The van der Waals surface area contributed by atoms with Crippen molar-refractivity contribution in [1.82, 2.24) is 19.9 Å². The van der Waals surface area contributed by atoms with Crippen LogP contribution in [0.25, 0.3) is 11.0 Å². The molecule has 0 aliphatic rings. The molecule has 0 radical (unpaired) electrons. The molecule has 0 aliphatic heterocycles. The smallest absolute Gasteiger partial charge is 0.195 e. The minimum atomic E-state index is -0.0597. The number of nitrogens with zero attached hydrogens (tertiary/aromatic N) is 3. The van der Waals surface area contributed by atoms with E-state index in [0.29, 0.717) is 17.3 Å². The number of aromatic amines is 1. The number of ether oxygens (including phenoxy) is 1. The van der Waals surface area contributed by atoms with Gasteiger partial charge in [-0.15, -0.1) is 0 Å². The van der Waals surface area contributed by atoms with Crippen LogP contribution in [0.2, 0.25) is 0 Å². The third-order valence-corrected chi connectivity index (χ3v) is 3.57. The number of aliphatic hydroxyl groups is 1. The molecule has 0 fully saturated rings. The van der Waals surface area contributed by atoms with Crippen molar-refractivity contribution in [3.63, 3.8) is 0 Å². The second kappa shape index (κ2) is 6.11. The number of fused-ring (bicyclic) bond motifs is 1. The zero-order valence-electron chi connectivity index (χ0n) is 11.4. The van der Waals surface area contributed by atoms with Crippen molar-refractivity contribution in [1.29, 1.82) is 0 Å². The standard InChI is InChI=1S/C14H14N4O2S/c1-2-20-10-3-4-11-12(5-10)18-14(17-11)21-13-15-6-9(8-19)7-16-13/h3-7,19H,2,8H2,1H3,(H,17,18). The lowest BCUT2D eigenvalue weighted by Crippen LogP contribution is -1.90. The van der Waals surface area contributed by atoms with Crippen LogP contribution in [0.1, 0.15) is 12.5 Å². The number of benzene rings is 1. The number of aliphatic hydroxyl groups excluding tert-OH is 1. The van der Waals surface area contributed by atoms with Crippen LogP contribution in [-0.2, 0) is 6.61 Å². The quantitative estimate of drug-likeness (QED) is 0.704. The highest BCUT2D eigenvalue weighted by molar-refractivity contribution is 7.99. The van der Waals surface area contributed by atoms with Crippen LogP contribution in [0.4, 0.5) is 0 Å². The molecule has 3 rings (SSSR count). The normalized spacial score (nSPS) is 11.0. The molecule has 1 aromatic carbocycles. The molecule has 0 saturated carbocycles. The Hall–Kier alpha value is -2.12. The molecule has 108 valence electrons. The summed E-state index contributed by atoms with van der Waals surface area (Å²) in [7, 11) is 0. The molecular formula is C14H14N4O2S. The first-order chi connectivity index (χ1) is 10.3. The maximum absolute atomic E-state index is 8.97. The number of nitrogens with one attached hydrogen (secondary N) is 1. The molecule has 6 nitrogen and oxygen atoms in total. The van der Waals surface area contributed by atoms with Crippen molar-refractivity contribution in [2.24, 2.45) is 0 Å². The van der Waals surface area contributed by atoms with E-state index in [9.17, 15) is 0 Å². The van der Waals surface area contributed by atoms with Crippen molar-refractivity contribution < 1.29 is 9.84 Å². The Bertz CT molecular complexity index is 742. The largest absolute Gasteiger partial charge is 0.494 e. The zero-order chi connectivity index (χ0) is 14.7. The maximum atomic E-state index is 8.97. The summed E-state index contributed by atoms with van der Waals surface area (Å²) in [5, 5.41) is 10.3. The molecule has 0 saturated heterocycles. The van der Waals surface area contributed by atoms with Crippen molar-refractivity contribution in [2.45, 2.75) is 23.8 Å². The van der Waals surface area contributed by atoms with Crippen LogP contribution in [0.3, 0.4) is 0 Å². The summed E-state index contributed by atoms with van der Waals surface area (Å²) in [5.74, 6) is 0.814. The van der Waals surface area contributed by atoms with Gasteiger partial charge in [-0.05, 0) is 30.8 Å². The molecule has 0 amide bonds. The van der Waals surface area contributed by atoms with Crippen LogP contribution in [0, 0.1) is 0 Å². The van der Waals surface area contributed by atoms with Gasteiger partial charge in [0.1, 0.15) is 5.75 Å². The van der Waals surface area contributed by atoms with Gasteiger partial charge in [-0.25, -0.2) is 15.0 Å². The number of imidazole rings is 1. The molecule has 21 heavy (non-hydrogen) atoms. The van der Waals surface area contributed by atoms with E-state index >= 15 is 0 Å². The van der Waals surface area contributed by atoms with E-state index in [1.807, 2.05) is 25.1 Å². The lowest BCUT2D eigenvalue weighted by atomic mass is 10.3. The highest BCUT2D eigenvalue weighted by Crippen LogP contribution is 2.26. The van der Waals surface area contributed by atoms with Gasteiger partial charge in [0, 0.05) is 24.0 Å². The van der Waals surface area contributed by atoms with Crippen molar-refractivity contribution in [3.8, 4) is 5.75 Å². The topological polar surface area (TPSA) is 83.9 Å². The van der Waals surface area contributed by atoms with Crippen LogP contribution >= 0.6 is 11.8 Å². The van der Waals surface area contributed by atoms with Gasteiger partial charge in [0.2, 0.25) is 0 Å². The maximum Gasteiger partial charge on any atom is 0.195 e. The Labute approximate surface area is 125 Å². The lowest BCUT2D eigenvalue weighted by molar-refractivity contribution is 0.280. The molecule has 0 spiro atoms. The molecule has 0 atom stereocenters. The summed E-state index contributed by atoms with van der Waals surface area (Å²) in [6.45, 7) is 2.52. The highest BCUT2D eigenvalue weighted by Gasteiger charge is 2.07. The fraction of sp³-hybridized carbons (Fsp3) is 0.214. The zero-order valence-corrected chi connectivity index (χ0v) is 12.2. The summed E-state index contributed by atoms with van der Waals surface area (Å²) in [6, 6.07) is 5.73. The second-order valence-corrected chi connectivity index (χ2v) is 5.24. The predicted octanol–water partition coefficient (Wildman–Crippen LogP) is 2.40. The van der Waals surface area contributed by atoms with Gasteiger partial charge in [0.05, 0.1) is 24.2 Å². The van der Waals surface area contributed by atoms with Gasteiger partial charge in [-0.3, -0.25) is 0 Å². The minimum absolute atomic E-state index is 0.0597. The van der Waals surface area contributed by atoms with Crippen LogP contribution in [-0.4, -0.2) is 31.6 Å². The molecule has 7 heteroatoms. The van der Waals surface area contributed by atoms with E-state index < -0.39 is 0 Å². The third-order valence-electron chi connectivity index (χ3n) is 2.79. The van der Waals surface area contributed by atoms with Crippen molar-refractivity contribution in [2.75, 3.05) is 6.61 Å². The van der Waals surface area contributed by atoms with Crippen LogP contribution in [0.5, 0.6) is 5.75 Å². The summed E-state index contributed by atoms with van der Waals surface area (Å²) < 4.78 is 5.46. The Morgan fingerprint density at radius 1 is 1.29 bits per heavy atom. The van der Waals surface area contributed by atoms with E-state index in [2.05, 4.69) is 19.9 Å². The minimum Gasteiger partial charge on any atom is -0.494 e. The Kier molecular flexibility index (Phi) is 4.03. The summed E-state index contributed by atoms with van der Waals surface area (Å²) >= 11 is 1.34. The fourth-order valence-corrected chi connectivity index (χ4v) is 2.52. The molecule has 2 N–H and O–H groups in total. The molecular weight excluding hydrogens is 288 g/mol. The fourth-order valence-electron chi connectivity index (χ4n) is 1.83. The highest BCUT2D eigenvalue weighted by atomic mass is 32.2. The second-order valence-electron chi connectivity index (χ2n) is 4.29. The monoisotopic (exact) mass is 302 g/mol. The van der Waals surface area contributed by atoms with Gasteiger partial charge in [0.15, 0.2) is 10.3 Å². The molecule has 0 aliphatic carbocycles. The SMILES string of the molecule is CCOc1ccc2nc(Sc3ncc(CO)cn3)[nH]c2c1. The third kappa shape index (κ3) is 3.14. The number of hydrogen-bond acceptors (Lipinski definition) is 6. The van der Waals surface area contributed by atoms with Crippen molar-refractivity contribution >= 4 is 22.8 Å². The lowest BCUT2D eigenvalue weighted by Gasteiger charge is -2.00. The average Bonchev–Trinajstić information content (AvgIpc) is 2.90. The molecule has 2 heterocycles.